The Kier molecular flexibility index (Phi) is 2.97. The molecule has 0 spiro atoms. The van der Waals surface area contributed by atoms with Gasteiger partial charge in [0.2, 0.25) is 0 Å². The van der Waals surface area contributed by atoms with Gasteiger partial charge in [-0.05, 0) is 19.9 Å². The van der Waals surface area contributed by atoms with Gasteiger partial charge in [-0.3, -0.25) is 9.89 Å². The standard InChI is InChI=1S/C11H12FN5O/c1-5-9(6(2)17-16-5)15-11(18)7-3-4-14-10(13)8(7)12/h3-4H,1-2H3,(H2,13,14)(H,15,18)(H,16,17). The summed E-state index contributed by atoms with van der Waals surface area (Å²) < 4.78 is 13.6. The molecular weight excluding hydrogens is 237 g/mol. The van der Waals surface area contributed by atoms with Gasteiger partial charge in [0.05, 0.1) is 22.6 Å². The van der Waals surface area contributed by atoms with Crippen LogP contribution in [0.5, 0.6) is 0 Å². The number of aromatic nitrogens is 3. The van der Waals surface area contributed by atoms with Crippen LogP contribution in [0, 0.1) is 19.7 Å². The molecule has 0 fully saturated rings. The third-order valence-electron chi connectivity index (χ3n) is 2.53. The summed E-state index contributed by atoms with van der Waals surface area (Å²) in [5.74, 6) is -1.72. The van der Waals surface area contributed by atoms with E-state index >= 15 is 0 Å². The Morgan fingerprint density at radius 3 is 2.83 bits per heavy atom. The summed E-state index contributed by atoms with van der Waals surface area (Å²) in [4.78, 5) is 15.5. The third kappa shape index (κ3) is 2.02. The van der Waals surface area contributed by atoms with Gasteiger partial charge in [-0.25, -0.2) is 9.37 Å². The maximum atomic E-state index is 13.6. The van der Waals surface area contributed by atoms with Crippen molar-refractivity contribution in [2.75, 3.05) is 11.1 Å². The van der Waals surface area contributed by atoms with Crippen molar-refractivity contribution in [2.45, 2.75) is 13.8 Å². The Morgan fingerprint density at radius 1 is 1.50 bits per heavy atom. The molecule has 4 N–H and O–H groups in total. The van der Waals surface area contributed by atoms with Gasteiger partial charge in [0.25, 0.3) is 5.91 Å². The summed E-state index contributed by atoms with van der Waals surface area (Å²) in [6, 6.07) is 1.27. The second-order valence-corrected chi connectivity index (χ2v) is 3.82. The van der Waals surface area contributed by atoms with Crippen molar-refractivity contribution in [1.29, 1.82) is 0 Å². The van der Waals surface area contributed by atoms with Gasteiger partial charge in [0.15, 0.2) is 11.6 Å². The normalized spacial score (nSPS) is 10.4. The van der Waals surface area contributed by atoms with Gasteiger partial charge in [-0.1, -0.05) is 0 Å². The van der Waals surface area contributed by atoms with E-state index in [1.165, 1.54) is 12.3 Å². The molecule has 0 aliphatic carbocycles. The van der Waals surface area contributed by atoms with Crippen molar-refractivity contribution in [1.82, 2.24) is 15.2 Å². The number of nitrogens with zero attached hydrogens (tertiary/aromatic N) is 2. The first-order valence-corrected chi connectivity index (χ1v) is 5.23. The molecule has 0 bridgehead atoms. The molecule has 7 heteroatoms. The van der Waals surface area contributed by atoms with Crippen molar-refractivity contribution in [3.8, 4) is 0 Å². The number of aromatic amines is 1. The lowest BCUT2D eigenvalue weighted by Gasteiger charge is -2.06. The average molecular weight is 249 g/mol. The van der Waals surface area contributed by atoms with Crippen LogP contribution in [0.2, 0.25) is 0 Å². The van der Waals surface area contributed by atoms with Crippen LogP contribution in [0.4, 0.5) is 15.9 Å². The fourth-order valence-corrected chi connectivity index (χ4v) is 1.55. The third-order valence-corrected chi connectivity index (χ3v) is 2.53. The molecule has 2 heterocycles. The van der Waals surface area contributed by atoms with Crippen molar-refractivity contribution in [3.63, 3.8) is 0 Å². The monoisotopic (exact) mass is 249 g/mol. The van der Waals surface area contributed by atoms with Crippen molar-refractivity contribution >= 4 is 17.4 Å². The fourth-order valence-electron chi connectivity index (χ4n) is 1.55. The largest absolute Gasteiger partial charge is 0.381 e. The van der Waals surface area contributed by atoms with E-state index in [0.717, 1.165) is 0 Å². The molecule has 18 heavy (non-hydrogen) atoms. The van der Waals surface area contributed by atoms with E-state index in [-0.39, 0.29) is 11.4 Å². The van der Waals surface area contributed by atoms with Crippen LogP contribution in [0.1, 0.15) is 21.7 Å². The molecule has 1 amide bonds. The number of nitrogens with two attached hydrogens (primary N) is 1. The van der Waals surface area contributed by atoms with E-state index < -0.39 is 11.7 Å². The number of halogens is 1. The lowest BCUT2D eigenvalue weighted by molar-refractivity contribution is 0.102. The van der Waals surface area contributed by atoms with Crippen LogP contribution in [-0.4, -0.2) is 21.1 Å². The average Bonchev–Trinajstić information content (AvgIpc) is 2.64. The number of anilines is 2. The number of aryl methyl sites for hydroxylation is 2. The number of nitrogen functional groups attached to an aromatic ring is 1. The second kappa shape index (κ2) is 4.44. The molecule has 6 nitrogen and oxygen atoms in total. The van der Waals surface area contributed by atoms with E-state index in [9.17, 15) is 9.18 Å². The zero-order chi connectivity index (χ0) is 13.3. The molecular formula is C11H12FN5O. The maximum Gasteiger partial charge on any atom is 0.258 e. The van der Waals surface area contributed by atoms with Crippen LogP contribution in [0.3, 0.4) is 0 Å². The number of nitrogens with one attached hydrogen (secondary N) is 2. The minimum Gasteiger partial charge on any atom is -0.381 e. The Bertz CT molecular complexity index is 588. The van der Waals surface area contributed by atoms with Gasteiger partial charge in [-0.15, -0.1) is 0 Å². The topological polar surface area (TPSA) is 96.7 Å². The Balaban J connectivity index is 2.31. The summed E-state index contributed by atoms with van der Waals surface area (Å²) in [5, 5.41) is 9.24. The Morgan fingerprint density at radius 2 is 2.22 bits per heavy atom. The van der Waals surface area contributed by atoms with Gasteiger partial charge < -0.3 is 11.1 Å². The highest BCUT2D eigenvalue weighted by Gasteiger charge is 2.17. The van der Waals surface area contributed by atoms with Crippen molar-refractivity contribution in [2.24, 2.45) is 0 Å². The number of hydrogen-bond donors (Lipinski definition) is 3. The van der Waals surface area contributed by atoms with Crippen molar-refractivity contribution in [3.05, 3.63) is 35.0 Å². The summed E-state index contributed by atoms with van der Waals surface area (Å²) in [7, 11) is 0. The Labute approximate surface area is 102 Å². The minimum absolute atomic E-state index is 0.150. The number of hydrogen-bond acceptors (Lipinski definition) is 4. The first-order valence-electron chi connectivity index (χ1n) is 5.23. The van der Waals surface area contributed by atoms with E-state index in [1.807, 2.05) is 0 Å². The summed E-state index contributed by atoms with van der Waals surface area (Å²) >= 11 is 0. The van der Waals surface area contributed by atoms with Gasteiger partial charge in [0, 0.05) is 6.20 Å². The van der Waals surface area contributed by atoms with E-state index in [4.69, 9.17) is 5.73 Å². The van der Waals surface area contributed by atoms with Gasteiger partial charge in [-0.2, -0.15) is 5.10 Å². The van der Waals surface area contributed by atoms with Crippen LogP contribution >= 0.6 is 0 Å². The highest BCUT2D eigenvalue weighted by atomic mass is 19.1. The summed E-state index contributed by atoms with van der Waals surface area (Å²) in [6.07, 6.45) is 1.28. The number of pyridine rings is 1. The number of rotatable bonds is 2. The van der Waals surface area contributed by atoms with Gasteiger partial charge in [0.1, 0.15) is 0 Å². The summed E-state index contributed by atoms with van der Waals surface area (Å²) in [5.41, 5.74) is 7.02. The first kappa shape index (κ1) is 12.0. The van der Waals surface area contributed by atoms with Gasteiger partial charge >= 0.3 is 0 Å². The molecule has 0 aromatic carbocycles. The fraction of sp³-hybridized carbons (Fsp3) is 0.182. The van der Waals surface area contributed by atoms with E-state index in [1.54, 1.807) is 13.8 Å². The maximum absolute atomic E-state index is 13.6. The molecule has 0 saturated carbocycles. The number of carbonyl (C=O) groups is 1. The van der Waals surface area contributed by atoms with Crippen LogP contribution in [0.15, 0.2) is 12.3 Å². The SMILES string of the molecule is Cc1n[nH]c(C)c1NC(=O)c1ccnc(N)c1F. The van der Waals surface area contributed by atoms with Crippen LogP contribution < -0.4 is 11.1 Å². The number of H-pyrrole nitrogens is 1. The van der Waals surface area contributed by atoms with Crippen LogP contribution in [0.25, 0.3) is 0 Å². The predicted molar refractivity (Wildman–Crippen MR) is 64.6 cm³/mol. The summed E-state index contributed by atoms with van der Waals surface area (Å²) in [6.45, 7) is 3.49. The number of amides is 1. The molecule has 94 valence electrons. The van der Waals surface area contributed by atoms with Crippen molar-refractivity contribution < 1.29 is 9.18 Å². The molecule has 2 rings (SSSR count). The molecule has 0 aliphatic rings. The minimum atomic E-state index is -0.825. The Hall–Kier alpha value is -2.44. The highest BCUT2D eigenvalue weighted by Crippen LogP contribution is 2.19. The lowest BCUT2D eigenvalue weighted by atomic mass is 10.2. The lowest BCUT2D eigenvalue weighted by Crippen LogP contribution is -2.16. The predicted octanol–water partition coefficient (Wildman–Crippen LogP) is 1.40. The zero-order valence-electron chi connectivity index (χ0n) is 9.91. The molecule has 0 atom stereocenters. The second-order valence-electron chi connectivity index (χ2n) is 3.82. The smallest absolute Gasteiger partial charge is 0.258 e. The molecule has 2 aromatic heterocycles. The zero-order valence-corrected chi connectivity index (χ0v) is 9.91. The molecule has 2 aromatic rings. The van der Waals surface area contributed by atoms with Crippen LogP contribution in [-0.2, 0) is 0 Å². The molecule has 0 unspecified atom stereocenters. The van der Waals surface area contributed by atoms with E-state index in [0.29, 0.717) is 17.1 Å². The molecule has 0 aliphatic heterocycles. The van der Waals surface area contributed by atoms with E-state index in [2.05, 4.69) is 20.5 Å². The first-order chi connectivity index (χ1) is 8.50. The number of carbonyl (C=O) groups excluding carboxylic acids is 1. The quantitative estimate of drug-likeness (QED) is 0.749. The highest BCUT2D eigenvalue weighted by molar-refractivity contribution is 6.05. The molecule has 0 saturated heterocycles. The molecule has 0 radical (unpaired) electrons.